The summed E-state index contributed by atoms with van der Waals surface area (Å²) >= 11 is 0. The maximum Gasteiger partial charge on any atom is 0.133 e. The van der Waals surface area contributed by atoms with Crippen molar-refractivity contribution in [1.29, 1.82) is 0 Å². The first-order valence-electron chi connectivity index (χ1n) is 7.22. The van der Waals surface area contributed by atoms with Crippen LogP contribution >= 0.6 is 0 Å². The number of nitrogens with one attached hydrogen (secondary N) is 2. The molecule has 2 N–H and O–H groups in total. The van der Waals surface area contributed by atoms with Gasteiger partial charge in [0.1, 0.15) is 17.5 Å². The summed E-state index contributed by atoms with van der Waals surface area (Å²) in [5.74, 6) is 2.76. The Morgan fingerprint density at radius 1 is 1.37 bits per heavy atom. The highest BCUT2D eigenvalue weighted by molar-refractivity contribution is 5.47. The third-order valence-corrected chi connectivity index (χ3v) is 3.48. The highest BCUT2D eigenvalue weighted by Gasteiger charge is 2.17. The van der Waals surface area contributed by atoms with E-state index in [2.05, 4.69) is 39.5 Å². The molecule has 0 amide bonds. The summed E-state index contributed by atoms with van der Waals surface area (Å²) in [6.07, 6.45) is 4.46. The molecule has 0 saturated carbocycles. The lowest BCUT2D eigenvalue weighted by molar-refractivity contribution is 0.260. The van der Waals surface area contributed by atoms with E-state index in [9.17, 15) is 0 Å². The van der Waals surface area contributed by atoms with Crippen molar-refractivity contribution in [1.82, 2.24) is 14.9 Å². The van der Waals surface area contributed by atoms with Crippen LogP contribution in [-0.4, -0.2) is 48.1 Å². The Morgan fingerprint density at radius 3 is 2.84 bits per heavy atom. The second-order valence-electron chi connectivity index (χ2n) is 5.30. The van der Waals surface area contributed by atoms with Crippen LogP contribution in [0.3, 0.4) is 0 Å². The first kappa shape index (κ1) is 14.1. The van der Waals surface area contributed by atoms with Crippen LogP contribution in [0.2, 0.25) is 0 Å². The lowest BCUT2D eigenvalue weighted by Crippen LogP contribution is -2.39. The van der Waals surface area contributed by atoms with Crippen LogP contribution in [0.25, 0.3) is 0 Å². The number of aromatic nitrogens is 2. The fourth-order valence-electron chi connectivity index (χ4n) is 2.53. The van der Waals surface area contributed by atoms with Crippen LogP contribution in [0.15, 0.2) is 6.07 Å². The third-order valence-electron chi connectivity index (χ3n) is 3.48. The molecule has 1 aliphatic heterocycles. The third kappa shape index (κ3) is 4.06. The number of hydrogen-bond acceptors (Lipinski definition) is 5. The largest absolute Gasteiger partial charge is 0.373 e. The van der Waals surface area contributed by atoms with Gasteiger partial charge in [-0.3, -0.25) is 0 Å². The smallest absolute Gasteiger partial charge is 0.133 e. The maximum atomic E-state index is 4.61. The van der Waals surface area contributed by atoms with Crippen LogP contribution in [0.4, 0.5) is 11.6 Å². The standard InChI is InChI=1S/C14H25N5/c1-4-6-12-17-13(15-2)9-14(18-12)16-11-7-5-8-19(3)10-11/h9,11H,4-8,10H2,1-3H3,(H2,15,16,17,18). The van der Waals surface area contributed by atoms with Gasteiger partial charge in [-0.25, -0.2) is 9.97 Å². The SMILES string of the molecule is CCCc1nc(NC)cc(NC2CCCN(C)C2)n1. The second-order valence-corrected chi connectivity index (χ2v) is 5.30. The molecule has 2 rings (SSSR count). The summed E-state index contributed by atoms with van der Waals surface area (Å²) in [6, 6.07) is 2.49. The zero-order valence-electron chi connectivity index (χ0n) is 12.2. The van der Waals surface area contributed by atoms with Gasteiger partial charge in [0.05, 0.1) is 0 Å². The molecule has 1 aromatic heterocycles. The second kappa shape index (κ2) is 6.70. The topological polar surface area (TPSA) is 53.1 Å². The van der Waals surface area contributed by atoms with E-state index in [-0.39, 0.29) is 0 Å². The minimum absolute atomic E-state index is 0.493. The molecule has 1 unspecified atom stereocenters. The summed E-state index contributed by atoms with van der Waals surface area (Å²) in [4.78, 5) is 11.5. The number of nitrogens with zero attached hydrogens (tertiary/aromatic N) is 3. The average molecular weight is 263 g/mol. The van der Waals surface area contributed by atoms with E-state index in [0.29, 0.717) is 6.04 Å². The van der Waals surface area contributed by atoms with Crippen LogP contribution < -0.4 is 10.6 Å². The first-order chi connectivity index (χ1) is 9.21. The van der Waals surface area contributed by atoms with Crippen molar-refractivity contribution in [3.8, 4) is 0 Å². The van der Waals surface area contributed by atoms with Gasteiger partial charge in [0.15, 0.2) is 0 Å². The van der Waals surface area contributed by atoms with Crippen molar-refractivity contribution in [2.24, 2.45) is 0 Å². The number of anilines is 2. The summed E-state index contributed by atoms with van der Waals surface area (Å²) < 4.78 is 0. The van der Waals surface area contributed by atoms with Gasteiger partial charge in [-0.2, -0.15) is 0 Å². The van der Waals surface area contributed by atoms with Gasteiger partial charge in [0.2, 0.25) is 0 Å². The molecule has 0 bridgehead atoms. The molecule has 1 aromatic rings. The van der Waals surface area contributed by atoms with E-state index < -0.39 is 0 Å². The summed E-state index contributed by atoms with van der Waals surface area (Å²) in [6.45, 7) is 4.44. The molecule has 1 aliphatic rings. The fourth-order valence-corrected chi connectivity index (χ4v) is 2.53. The van der Waals surface area contributed by atoms with Gasteiger partial charge in [-0.1, -0.05) is 6.92 Å². The Bertz CT molecular complexity index is 407. The molecule has 0 radical (unpaired) electrons. The minimum atomic E-state index is 0.493. The lowest BCUT2D eigenvalue weighted by Gasteiger charge is -2.30. The zero-order valence-corrected chi connectivity index (χ0v) is 12.2. The summed E-state index contributed by atoms with van der Waals surface area (Å²) in [5, 5.41) is 6.66. The Kier molecular flexibility index (Phi) is 4.96. The molecule has 1 fully saturated rings. The van der Waals surface area contributed by atoms with Crippen LogP contribution in [0.5, 0.6) is 0 Å². The van der Waals surface area contributed by atoms with Gasteiger partial charge in [-0.05, 0) is 32.9 Å². The monoisotopic (exact) mass is 263 g/mol. The number of piperidine rings is 1. The Hall–Kier alpha value is -1.36. The Balaban J connectivity index is 2.07. The molecular weight excluding hydrogens is 238 g/mol. The predicted molar refractivity (Wildman–Crippen MR) is 79.7 cm³/mol. The van der Waals surface area contributed by atoms with Gasteiger partial charge in [0, 0.05) is 32.1 Å². The van der Waals surface area contributed by atoms with Crippen molar-refractivity contribution >= 4 is 11.6 Å². The molecule has 1 saturated heterocycles. The van der Waals surface area contributed by atoms with E-state index in [1.54, 1.807) is 0 Å². The highest BCUT2D eigenvalue weighted by Crippen LogP contribution is 2.16. The van der Waals surface area contributed by atoms with Gasteiger partial charge in [-0.15, -0.1) is 0 Å². The minimum Gasteiger partial charge on any atom is -0.373 e. The van der Waals surface area contributed by atoms with Crippen molar-refractivity contribution < 1.29 is 0 Å². The summed E-state index contributed by atoms with van der Waals surface area (Å²) in [7, 11) is 4.07. The molecule has 19 heavy (non-hydrogen) atoms. The Morgan fingerprint density at radius 2 is 2.16 bits per heavy atom. The quantitative estimate of drug-likeness (QED) is 0.850. The molecule has 2 heterocycles. The number of likely N-dealkylation sites (N-methyl/N-ethyl adjacent to an activating group) is 1. The molecule has 0 aliphatic carbocycles. The van der Waals surface area contributed by atoms with E-state index in [1.165, 1.54) is 19.4 Å². The van der Waals surface area contributed by atoms with Gasteiger partial charge < -0.3 is 15.5 Å². The lowest BCUT2D eigenvalue weighted by atomic mass is 10.1. The number of rotatable bonds is 5. The molecule has 0 aromatic carbocycles. The molecule has 5 heteroatoms. The van der Waals surface area contributed by atoms with Crippen molar-refractivity contribution in [2.75, 3.05) is 37.8 Å². The van der Waals surface area contributed by atoms with E-state index in [1.807, 2.05) is 13.1 Å². The molecule has 106 valence electrons. The van der Waals surface area contributed by atoms with Crippen LogP contribution in [0.1, 0.15) is 32.0 Å². The first-order valence-corrected chi connectivity index (χ1v) is 7.22. The van der Waals surface area contributed by atoms with Crippen molar-refractivity contribution in [2.45, 2.75) is 38.6 Å². The molecule has 5 nitrogen and oxygen atoms in total. The van der Waals surface area contributed by atoms with Crippen molar-refractivity contribution in [3.63, 3.8) is 0 Å². The molecular formula is C14H25N5. The maximum absolute atomic E-state index is 4.61. The molecule has 0 spiro atoms. The van der Waals surface area contributed by atoms with E-state index in [4.69, 9.17) is 0 Å². The zero-order chi connectivity index (χ0) is 13.7. The Labute approximate surface area is 115 Å². The van der Waals surface area contributed by atoms with E-state index in [0.717, 1.165) is 36.8 Å². The summed E-state index contributed by atoms with van der Waals surface area (Å²) in [5.41, 5.74) is 0. The van der Waals surface area contributed by atoms with Gasteiger partial charge >= 0.3 is 0 Å². The molecule has 1 atom stereocenters. The fraction of sp³-hybridized carbons (Fsp3) is 0.714. The predicted octanol–water partition coefficient (Wildman–Crippen LogP) is 1.98. The van der Waals surface area contributed by atoms with Crippen molar-refractivity contribution in [3.05, 3.63) is 11.9 Å². The van der Waals surface area contributed by atoms with Crippen LogP contribution in [0, 0.1) is 0 Å². The van der Waals surface area contributed by atoms with Gasteiger partial charge in [0.25, 0.3) is 0 Å². The van der Waals surface area contributed by atoms with Crippen LogP contribution in [-0.2, 0) is 6.42 Å². The number of likely N-dealkylation sites (tertiary alicyclic amines) is 1. The van der Waals surface area contributed by atoms with E-state index >= 15 is 0 Å². The normalized spacial score (nSPS) is 20.3. The number of aryl methyl sites for hydroxylation is 1. The highest BCUT2D eigenvalue weighted by atomic mass is 15.2. The number of hydrogen-bond donors (Lipinski definition) is 2. The average Bonchev–Trinajstić information content (AvgIpc) is 2.39.